The van der Waals surface area contributed by atoms with Crippen molar-refractivity contribution in [1.82, 2.24) is 5.32 Å². The molecule has 1 N–H and O–H groups in total. The van der Waals surface area contributed by atoms with Crippen LogP contribution in [-0.2, 0) is 30.3 Å². The molecule has 0 saturated heterocycles. The van der Waals surface area contributed by atoms with Gasteiger partial charge in [0.2, 0.25) is 5.91 Å². The average Bonchev–Trinajstić information content (AvgIpc) is 2.52. The first-order valence-electron chi connectivity index (χ1n) is 6.65. The SMILES string of the molecule is COC(=O)CCC(NC(=O)Cc1ccccc1I)C(=O)OC. The molecule has 0 aliphatic rings. The molecule has 0 heterocycles. The third kappa shape index (κ3) is 6.00. The second kappa shape index (κ2) is 9.39. The molecule has 1 atom stereocenters. The molecule has 7 heteroatoms. The molecule has 0 bridgehead atoms. The molecule has 1 rings (SSSR count). The Labute approximate surface area is 142 Å². The molecule has 0 aliphatic heterocycles. The Bertz CT molecular complexity index is 546. The summed E-state index contributed by atoms with van der Waals surface area (Å²) in [6.07, 6.45) is 0.321. The molecule has 0 saturated carbocycles. The van der Waals surface area contributed by atoms with Gasteiger partial charge in [0, 0.05) is 9.99 Å². The van der Waals surface area contributed by atoms with Crippen LogP contribution >= 0.6 is 22.6 Å². The zero-order chi connectivity index (χ0) is 16.5. The molecule has 1 amide bonds. The molecular weight excluding hydrogens is 401 g/mol. The van der Waals surface area contributed by atoms with E-state index in [1.807, 2.05) is 24.3 Å². The smallest absolute Gasteiger partial charge is 0.328 e. The number of carbonyl (C=O) groups excluding carboxylic acids is 3. The van der Waals surface area contributed by atoms with Gasteiger partial charge in [-0.15, -0.1) is 0 Å². The first-order valence-corrected chi connectivity index (χ1v) is 7.73. The predicted octanol–water partition coefficient (Wildman–Crippen LogP) is 1.44. The fourth-order valence-corrected chi connectivity index (χ4v) is 2.39. The number of benzene rings is 1. The van der Waals surface area contributed by atoms with Crippen molar-refractivity contribution in [2.75, 3.05) is 14.2 Å². The molecule has 6 nitrogen and oxygen atoms in total. The zero-order valence-corrected chi connectivity index (χ0v) is 14.6. The molecular formula is C15H18INO5. The van der Waals surface area contributed by atoms with Gasteiger partial charge in [-0.3, -0.25) is 9.59 Å². The summed E-state index contributed by atoms with van der Waals surface area (Å²) in [5, 5.41) is 2.60. The minimum Gasteiger partial charge on any atom is -0.469 e. The molecule has 120 valence electrons. The summed E-state index contributed by atoms with van der Waals surface area (Å²) in [5.74, 6) is -1.33. The summed E-state index contributed by atoms with van der Waals surface area (Å²) in [6.45, 7) is 0. The van der Waals surface area contributed by atoms with E-state index >= 15 is 0 Å². The molecule has 0 radical (unpaired) electrons. The number of halogens is 1. The summed E-state index contributed by atoms with van der Waals surface area (Å²) in [4.78, 5) is 34.9. The number of hydrogen-bond acceptors (Lipinski definition) is 5. The van der Waals surface area contributed by atoms with Crippen molar-refractivity contribution < 1.29 is 23.9 Å². The van der Waals surface area contributed by atoms with Crippen molar-refractivity contribution >= 4 is 40.4 Å². The summed E-state index contributed by atoms with van der Waals surface area (Å²) >= 11 is 2.15. The summed E-state index contributed by atoms with van der Waals surface area (Å²) in [5.41, 5.74) is 0.872. The van der Waals surface area contributed by atoms with Gasteiger partial charge < -0.3 is 14.8 Å². The fraction of sp³-hybridized carbons (Fsp3) is 0.400. The first-order chi connectivity index (χ1) is 10.5. The number of ether oxygens (including phenoxy) is 2. The van der Waals surface area contributed by atoms with E-state index in [2.05, 4.69) is 37.4 Å². The van der Waals surface area contributed by atoms with E-state index in [-0.39, 0.29) is 25.2 Å². The van der Waals surface area contributed by atoms with Gasteiger partial charge in [0.25, 0.3) is 0 Å². The van der Waals surface area contributed by atoms with Crippen LogP contribution in [0.3, 0.4) is 0 Å². The number of rotatable bonds is 7. The highest BCUT2D eigenvalue weighted by Gasteiger charge is 2.22. The van der Waals surface area contributed by atoms with Crippen LogP contribution in [0.1, 0.15) is 18.4 Å². The zero-order valence-electron chi connectivity index (χ0n) is 12.4. The summed E-state index contributed by atoms with van der Waals surface area (Å²) < 4.78 is 10.1. The van der Waals surface area contributed by atoms with Crippen LogP contribution in [0, 0.1) is 3.57 Å². The van der Waals surface area contributed by atoms with E-state index in [1.165, 1.54) is 14.2 Å². The van der Waals surface area contributed by atoms with Crippen molar-refractivity contribution in [2.45, 2.75) is 25.3 Å². The van der Waals surface area contributed by atoms with E-state index in [9.17, 15) is 14.4 Å². The number of carbonyl (C=O) groups is 3. The first kappa shape index (κ1) is 18.4. The average molecular weight is 419 g/mol. The second-order valence-corrected chi connectivity index (χ2v) is 5.69. The van der Waals surface area contributed by atoms with Crippen LogP contribution in [0.15, 0.2) is 24.3 Å². The predicted molar refractivity (Wildman–Crippen MR) is 88.1 cm³/mol. The quantitative estimate of drug-likeness (QED) is 0.535. The Morgan fingerprint density at radius 1 is 1.18 bits per heavy atom. The highest BCUT2D eigenvalue weighted by atomic mass is 127. The van der Waals surface area contributed by atoms with Gasteiger partial charge in [0.1, 0.15) is 6.04 Å². The molecule has 0 fully saturated rings. The van der Waals surface area contributed by atoms with Crippen molar-refractivity contribution in [3.63, 3.8) is 0 Å². The Morgan fingerprint density at radius 3 is 2.45 bits per heavy atom. The van der Waals surface area contributed by atoms with Crippen LogP contribution in [0.25, 0.3) is 0 Å². The number of methoxy groups -OCH3 is 2. The summed E-state index contributed by atoms with van der Waals surface area (Å²) in [7, 11) is 2.51. The highest BCUT2D eigenvalue weighted by Crippen LogP contribution is 2.12. The van der Waals surface area contributed by atoms with Gasteiger partial charge in [0.15, 0.2) is 0 Å². The number of hydrogen-bond donors (Lipinski definition) is 1. The Hall–Kier alpha value is -1.64. The van der Waals surface area contributed by atoms with E-state index < -0.39 is 18.0 Å². The van der Waals surface area contributed by atoms with Gasteiger partial charge >= 0.3 is 11.9 Å². The minimum atomic E-state index is -0.863. The topological polar surface area (TPSA) is 81.7 Å². The minimum absolute atomic E-state index is 0.0272. The van der Waals surface area contributed by atoms with E-state index in [0.717, 1.165) is 9.13 Å². The van der Waals surface area contributed by atoms with Crippen molar-refractivity contribution in [2.24, 2.45) is 0 Å². The van der Waals surface area contributed by atoms with Crippen LogP contribution < -0.4 is 5.32 Å². The normalized spacial score (nSPS) is 11.4. The standard InChI is InChI=1S/C15H18INO5/c1-21-14(19)8-7-12(15(20)22-2)17-13(18)9-10-5-3-4-6-11(10)16/h3-6,12H,7-9H2,1-2H3,(H,17,18). The van der Waals surface area contributed by atoms with Gasteiger partial charge in [-0.25, -0.2) is 4.79 Å². The third-order valence-electron chi connectivity index (χ3n) is 2.99. The van der Waals surface area contributed by atoms with Gasteiger partial charge in [-0.05, 0) is 40.6 Å². The lowest BCUT2D eigenvalue weighted by molar-refractivity contribution is -0.146. The maximum Gasteiger partial charge on any atom is 0.328 e. The fourth-order valence-electron chi connectivity index (χ4n) is 1.82. The van der Waals surface area contributed by atoms with E-state index in [1.54, 1.807) is 0 Å². The van der Waals surface area contributed by atoms with Crippen molar-refractivity contribution in [3.05, 3.63) is 33.4 Å². The lowest BCUT2D eigenvalue weighted by Gasteiger charge is -2.16. The monoisotopic (exact) mass is 419 g/mol. The number of esters is 2. The Balaban J connectivity index is 2.64. The number of amides is 1. The van der Waals surface area contributed by atoms with Crippen LogP contribution in [-0.4, -0.2) is 38.1 Å². The highest BCUT2D eigenvalue weighted by molar-refractivity contribution is 14.1. The van der Waals surface area contributed by atoms with Crippen molar-refractivity contribution in [3.8, 4) is 0 Å². The maximum atomic E-state index is 12.1. The van der Waals surface area contributed by atoms with E-state index in [0.29, 0.717) is 0 Å². The molecule has 1 aromatic carbocycles. The van der Waals surface area contributed by atoms with Gasteiger partial charge in [-0.2, -0.15) is 0 Å². The van der Waals surface area contributed by atoms with Crippen LogP contribution in [0.5, 0.6) is 0 Å². The third-order valence-corrected chi connectivity index (χ3v) is 4.05. The van der Waals surface area contributed by atoms with Gasteiger partial charge in [-0.1, -0.05) is 18.2 Å². The van der Waals surface area contributed by atoms with Gasteiger partial charge in [0.05, 0.1) is 20.6 Å². The summed E-state index contributed by atoms with van der Waals surface area (Å²) in [6, 6.07) is 6.62. The molecule has 1 unspecified atom stereocenters. The Morgan fingerprint density at radius 2 is 1.86 bits per heavy atom. The Kier molecular flexibility index (Phi) is 7.86. The number of nitrogens with one attached hydrogen (secondary N) is 1. The second-order valence-electron chi connectivity index (χ2n) is 4.53. The van der Waals surface area contributed by atoms with Crippen LogP contribution in [0.4, 0.5) is 0 Å². The van der Waals surface area contributed by atoms with Crippen molar-refractivity contribution in [1.29, 1.82) is 0 Å². The maximum absolute atomic E-state index is 12.1. The van der Waals surface area contributed by atoms with E-state index in [4.69, 9.17) is 0 Å². The lowest BCUT2D eigenvalue weighted by atomic mass is 10.1. The molecule has 22 heavy (non-hydrogen) atoms. The molecule has 1 aromatic rings. The van der Waals surface area contributed by atoms with Crippen LogP contribution in [0.2, 0.25) is 0 Å². The molecule has 0 aliphatic carbocycles. The lowest BCUT2D eigenvalue weighted by Crippen LogP contribution is -2.42. The molecule has 0 aromatic heterocycles. The largest absolute Gasteiger partial charge is 0.469 e. The molecule has 0 spiro atoms.